The van der Waals surface area contributed by atoms with E-state index in [0.717, 1.165) is 5.56 Å². The molecule has 0 aromatic heterocycles. The standard InChI is InChI=1S/C19H17NO2S/c1-20(17-12-6-3-7-13-17)23(21,22)19-15-9-8-14-18(19)16-10-4-2-5-11-16/h2-15H,1H3. The number of anilines is 1. The molecule has 0 saturated heterocycles. The lowest BCUT2D eigenvalue weighted by Crippen LogP contribution is -2.26. The highest BCUT2D eigenvalue weighted by Crippen LogP contribution is 2.30. The summed E-state index contributed by atoms with van der Waals surface area (Å²) in [5, 5.41) is 0. The van der Waals surface area contributed by atoms with Crippen molar-refractivity contribution in [2.24, 2.45) is 0 Å². The first-order valence-electron chi connectivity index (χ1n) is 7.29. The summed E-state index contributed by atoms with van der Waals surface area (Å²) < 4.78 is 27.4. The maximum Gasteiger partial charge on any atom is 0.264 e. The highest BCUT2D eigenvalue weighted by molar-refractivity contribution is 7.93. The van der Waals surface area contributed by atoms with Gasteiger partial charge in [-0.3, -0.25) is 4.31 Å². The SMILES string of the molecule is CN(c1ccccc1)S(=O)(=O)c1ccccc1-c1ccccc1. The lowest BCUT2D eigenvalue weighted by Gasteiger charge is -2.21. The number of hydrogen-bond acceptors (Lipinski definition) is 2. The Labute approximate surface area is 136 Å². The van der Waals surface area contributed by atoms with Crippen LogP contribution in [0, 0.1) is 0 Å². The summed E-state index contributed by atoms with van der Waals surface area (Å²) in [6.07, 6.45) is 0. The van der Waals surface area contributed by atoms with Crippen LogP contribution >= 0.6 is 0 Å². The third-order valence-electron chi connectivity index (χ3n) is 3.73. The van der Waals surface area contributed by atoms with E-state index in [1.165, 1.54) is 4.31 Å². The molecule has 0 amide bonds. The number of sulfonamides is 1. The van der Waals surface area contributed by atoms with Crippen molar-refractivity contribution in [2.45, 2.75) is 4.90 Å². The van der Waals surface area contributed by atoms with E-state index in [1.807, 2.05) is 60.7 Å². The fourth-order valence-electron chi connectivity index (χ4n) is 2.47. The molecule has 0 fully saturated rings. The van der Waals surface area contributed by atoms with Gasteiger partial charge in [0.1, 0.15) is 0 Å². The molecule has 0 saturated carbocycles. The Hall–Kier alpha value is -2.59. The normalized spacial score (nSPS) is 11.2. The maximum absolute atomic E-state index is 13.1. The molecule has 0 unspecified atom stereocenters. The number of para-hydroxylation sites is 1. The van der Waals surface area contributed by atoms with E-state index in [0.29, 0.717) is 16.1 Å². The molecule has 0 atom stereocenters. The van der Waals surface area contributed by atoms with Gasteiger partial charge in [-0.1, -0.05) is 66.7 Å². The second-order valence-corrected chi connectivity index (χ2v) is 7.11. The van der Waals surface area contributed by atoms with Gasteiger partial charge in [0.05, 0.1) is 10.6 Å². The fraction of sp³-hybridized carbons (Fsp3) is 0.0526. The van der Waals surface area contributed by atoms with Crippen molar-refractivity contribution in [1.82, 2.24) is 0 Å². The van der Waals surface area contributed by atoms with Crippen molar-refractivity contribution >= 4 is 15.7 Å². The Balaban J connectivity index is 2.12. The van der Waals surface area contributed by atoms with Gasteiger partial charge in [-0.15, -0.1) is 0 Å². The molecule has 0 aliphatic heterocycles. The van der Waals surface area contributed by atoms with Gasteiger partial charge in [-0.05, 0) is 23.8 Å². The van der Waals surface area contributed by atoms with Crippen molar-refractivity contribution in [2.75, 3.05) is 11.4 Å². The van der Waals surface area contributed by atoms with Crippen molar-refractivity contribution in [3.8, 4) is 11.1 Å². The summed E-state index contributed by atoms with van der Waals surface area (Å²) in [5.74, 6) is 0. The molecule has 4 heteroatoms. The van der Waals surface area contributed by atoms with E-state index in [1.54, 1.807) is 31.3 Å². The molecule has 0 heterocycles. The van der Waals surface area contributed by atoms with Crippen LogP contribution in [0.3, 0.4) is 0 Å². The molecule has 0 radical (unpaired) electrons. The molecule has 0 spiro atoms. The van der Waals surface area contributed by atoms with Gasteiger partial charge >= 0.3 is 0 Å². The van der Waals surface area contributed by atoms with Crippen LogP contribution in [-0.4, -0.2) is 15.5 Å². The van der Waals surface area contributed by atoms with E-state index in [9.17, 15) is 8.42 Å². The van der Waals surface area contributed by atoms with Gasteiger partial charge in [0.15, 0.2) is 0 Å². The van der Waals surface area contributed by atoms with E-state index >= 15 is 0 Å². The maximum atomic E-state index is 13.1. The van der Waals surface area contributed by atoms with Gasteiger partial charge < -0.3 is 0 Å². The lowest BCUT2D eigenvalue weighted by molar-refractivity contribution is 0.594. The zero-order chi connectivity index (χ0) is 16.3. The van der Waals surface area contributed by atoms with E-state index < -0.39 is 10.0 Å². The number of hydrogen-bond donors (Lipinski definition) is 0. The molecule has 0 bridgehead atoms. The molecule has 23 heavy (non-hydrogen) atoms. The molecular weight excluding hydrogens is 306 g/mol. The molecule has 0 N–H and O–H groups in total. The van der Waals surface area contributed by atoms with Gasteiger partial charge in [-0.2, -0.15) is 0 Å². The highest BCUT2D eigenvalue weighted by atomic mass is 32.2. The van der Waals surface area contributed by atoms with Gasteiger partial charge in [0, 0.05) is 12.6 Å². The summed E-state index contributed by atoms with van der Waals surface area (Å²) in [5.41, 5.74) is 2.22. The Morgan fingerprint density at radius 3 is 1.87 bits per heavy atom. The van der Waals surface area contributed by atoms with Crippen molar-refractivity contribution < 1.29 is 8.42 Å². The number of nitrogens with zero attached hydrogens (tertiary/aromatic N) is 1. The Morgan fingerprint density at radius 1 is 0.696 bits per heavy atom. The van der Waals surface area contributed by atoms with Crippen LogP contribution in [0.1, 0.15) is 0 Å². The molecule has 116 valence electrons. The largest absolute Gasteiger partial charge is 0.269 e. The topological polar surface area (TPSA) is 37.4 Å². The molecular formula is C19H17NO2S. The molecule has 0 aliphatic rings. The van der Waals surface area contributed by atoms with Crippen LogP contribution in [0.5, 0.6) is 0 Å². The Bertz CT molecular complexity index is 891. The van der Waals surface area contributed by atoms with Crippen LogP contribution in [0.25, 0.3) is 11.1 Å². The van der Waals surface area contributed by atoms with Crippen LogP contribution in [-0.2, 0) is 10.0 Å². The molecule has 3 rings (SSSR count). The second-order valence-electron chi connectivity index (χ2n) is 5.17. The zero-order valence-corrected chi connectivity index (χ0v) is 13.6. The zero-order valence-electron chi connectivity index (χ0n) is 12.8. The lowest BCUT2D eigenvalue weighted by atomic mass is 10.1. The minimum atomic E-state index is -3.64. The van der Waals surface area contributed by atoms with E-state index in [4.69, 9.17) is 0 Å². The Morgan fingerprint density at radius 2 is 1.22 bits per heavy atom. The third-order valence-corrected chi connectivity index (χ3v) is 5.57. The minimum absolute atomic E-state index is 0.303. The first kappa shape index (κ1) is 15.3. The van der Waals surface area contributed by atoms with Crippen molar-refractivity contribution in [1.29, 1.82) is 0 Å². The van der Waals surface area contributed by atoms with E-state index in [2.05, 4.69) is 0 Å². The quantitative estimate of drug-likeness (QED) is 0.722. The second kappa shape index (κ2) is 6.26. The van der Waals surface area contributed by atoms with E-state index in [-0.39, 0.29) is 0 Å². The first-order valence-corrected chi connectivity index (χ1v) is 8.73. The molecule has 3 nitrogen and oxygen atoms in total. The smallest absolute Gasteiger partial charge is 0.264 e. The van der Waals surface area contributed by atoms with Crippen molar-refractivity contribution in [3.05, 3.63) is 84.9 Å². The van der Waals surface area contributed by atoms with Crippen LogP contribution in [0.4, 0.5) is 5.69 Å². The molecule has 0 aliphatic carbocycles. The van der Waals surface area contributed by atoms with Crippen LogP contribution in [0.2, 0.25) is 0 Å². The monoisotopic (exact) mass is 323 g/mol. The van der Waals surface area contributed by atoms with Gasteiger partial charge in [0.2, 0.25) is 0 Å². The average Bonchev–Trinajstić information content (AvgIpc) is 2.62. The molecule has 3 aromatic rings. The third kappa shape index (κ3) is 2.98. The number of rotatable bonds is 4. The summed E-state index contributed by atoms with van der Waals surface area (Å²) in [7, 11) is -2.06. The van der Waals surface area contributed by atoms with Gasteiger partial charge in [0.25, 0.3) is 10.0 Å². The average molecular weight is 323 g/mol. The fourth-order valence-corrected chi connectivity index (χ4v) is 3.88. The number of benzene rings is 3. The van der Waals surface area contributed by atoms with Gasteiger partial charge in [-0.25, -0.2) is 8.42 Å². The van der Waals surface area contributed by atoms with Crippen molar-refractivity contribution in [3.63, 3.8) is 0 Å². The molecule has 3 aromatic carbocycles. The highest BCUT2D eigenvalue weighted by Gasteiger charge is 2.24. The Kier molecular flexibility index (Phi) is 4.17. The predicted molar refractivity (Wildman–Crippen MR) is 93.9 cm³/mol. The summed E-state index contributed by atoms with van der Waals surface area (Å²) in [6.45, 7) is 0. The summed E-state index contributed by atoms with van der Waals surface area (Å²) in [4.78, 5) is 0.303. The summed E-state index contributed by atoms with van der Waals surface area (Å²) >= 11 is 0. The first-order chi connectivity index (χ1) is 11.1. The summed E-state index contributed by atoms with van der Waals surface area (Å²) in [6, 6.07) is 25.7. The van der Waals surface area contributed by atoms with Crippen LogP contribution < -0.4 is 4.31 Å². The minimum Gasteiger partial charge on any atom is -0.269 e. The predicted octanol–water partition coefficient (Wildman–Crippen LogP) is 4.18. The van der Waals surface area contributed by atoms with Crippen LogP contribution in [0.15, 0.2) is 89.8 Å².